The van der Waals surface area contributed by atoms with Crippen LogP contribution in [0.5, 0.6) is 0 Å². The lowest BCUT2D eigenvalue weighted by molar-refractivity contribution is 0.417. The predicted molar refractivity (Wildman–Crippen MR) is 54.8 cm³/mol. The third kappa shape index (κ3) is 2.33. The van der Waals surface area contributed by atoms with Gasteiger partial charge >= 0.3 is 0 Å². The smallest absolute Gasteiger partial charge is 0.0981 e. The van der Waals surface area contributed by atoms with E-state index in [0.717, 1.165) is 24.4 Å². The van der Waals surface area contributed by atoms with Crippen molar-refractivity contribution >= 4 is 11.8 Å². The zero-order chi connectivity index (χ0) is 9.10. The molecule has 0 amide bonds. The third-order valence-corrected chi connectivity index (χ3v) is 2.06. The summed E-state index contributed by atoms with van der Waals surface area (Å²) in [6.07, 6.45) is 2.27. The Morgan fingerprint density at radius 1 is 1.62 bits per heavy atom. The summed E-state index contributed by atoms with van der Waals surface area (Å²) in [4.78, 5) is 0. The fourth-order valence-corrected chi connectivity index (χ4v) is 1.19. The maximum absolute atomic E-state index is 5.10. The van der Waals surface area contributed by atoms with Gasteiger partial charge < -0.3 is 10.1 Å². The highest BCUT2D eigenvalue weighted by Gasteiger charge is 2.21. The van der Waals surface area contributed by atoms with Crippen LogP contribution in [-0.2, 0) is 4.74 Å². The molecule has 0 radical (unpaired) electrons. The normalized spacial score (nSPS) is 19.5. The predicted octanol–water partition coefficient (Wildman–Crippen LogP) is 2.14. The highest BCUT2D eigenvalue weighted by atomic mass is 16.6. The van der Waals surface area contributed by atoms with Gasteiger partial charge in [-0.2, -0.15) is 0 Å². The number of benzene rings is 1. The monoisotopic (exact) mass is 175 g/mol. The van der Waals surface area contributed by atoms with Gasteiger partial charge in [0.15, 0.2) is 0 Å². The van der Waals surface area contributed by atoms with Gasteiger partial charge in [0.25, 0.3) is 0 Å². The van der Waals surface area contributed by atoms with Gasteiger partial charge in [-0.3, -0.25) is 0 Å². The van der Waals surface area contributed by atoms with Crippen molar-refractivity contribution in [3.05, 3.63) is 36.4 Å². The quantitative estimate of drug-likeness (QED) is 0.709. The van der Waals surface area contributed by atoms with Gasteiger partial charge in [-0.15, -0.1) is 0 Å². The molecule has 1 heterocycles. The molecule has 1 aliphatic heterocycles. The molecule has 13 heavy (non-hydrogen) atoms. The van der Waals surface area contributed by atoms with Crippen LogP contribution < -0.4 is 5.32 Å². The first-order chi connectivity index (χ1) is 6.38. The second-order valence-electron chi connectivity index (χ2n) is 3.17. The van der Waals surface area contributed by atoms with Crippen LogP contribution in [0.1, 0.15) is 5.56 Å². The largest absolute Gasteiger partial charge is 0.382 e. The van der Waals surface area contributed by atoms with Crippen LogP contribution in [0, 0.1) is 0 Å². The molecule has 1 atom stereocenters. The first-order valence-electron chi connectivity index (χ1n) is 4.46. The summed E-state index contributed by atoms with van der Waals surface area (Å²) in [5.41, 5.74) is 2.27. The summed E-state index contributed by atoms with van der Waals surface area (Å²) >= 11 is 0. The van der Waals surface area contributed by atoms with Crippen molar-refractivity contribution in [2.24, 2.45) is 0 Å². The van der Waals surface area contributed by atoms with Crippen LogP contribution >= 0.6 is 0 Å². The van der Waals surface area contributed by atoms with E-state index in [2.05, 4.69) is 24.0 Å². The summed E-state index contributed by atoms with van der Waals surface area (Å²) in [6, 6.07) is 8.18. The van der Waals surface area contributed by atoms with Crippen LogP contribution in [0.2, 0.25) is 0 Å². The Hall–Kier alpha value is -1.28. The van der Waals surface area contributed by atoms with Gasteiger partial charge in [-0.1, -0.05) is 24.8 Å². The number of epoxide rings is 1. The van der Waals surface area contributed by atoms with Crippen molar-refractivity contribution < 1.29 is 4.74 Å². The van der Waals surface area contributed by atoms with Crippen LogP contribution in [0.25, 0.3) is 6.08 Å². The Balaban J connectivity index is 1.97. The highest BCUT2D eigenvalue weighted by molar-refractivity contribution is 5.56. The van der Waals surface area contributed by atoms with Crippen LogP contribution in [0.15, 0.2) is 30.8 Å². The molecule has 0 aliphatic carbocycles. The number of nitrogens with one attached hydrogen (secondary N) is 1. The minimum Gasteiger partial charge on any atom is -0.382 e. The second-order valence-corrected chi connectivity index (χ2v) is 3.17. The minimum atomic E-state index is 0.424. The van der Waals surface area contributed by atoms with Gasteiger partial charge in [0.05, 0.1) is 12.7 Å². The highest BCUT2D eigenvalue weighted by Crippen LogP contribution is 2.14. The molecule has 1 N–H and O–H groups in total. The van der Waals surface area contributed by atoms with E-state index in [1.54, 1.807) is 0 Å². The van der Waals surface area contributed by atoms with E-state index in [4.69, 9.17) is 4.74 Å². The molecular weight excluding hydrogens is 162 g/mol. The van der Waals surface area contributed by atoms with Crippen molar-refractivity contribution in [3.63, 3.8) is 0 Å². The average molecular weight is 175 g/mol. The van der Waals surface area contributed by atoms with Gasteiger partial charge in [0.1, 0.15) is 0 Å². The van der Waals surface area contributed by atoms with E-state index >= 15 is 0 Å². The van der Waals surface area contributed by atoms with Crippen molar-refractivity contribution in [2.45, 2.75) is 6.10 Å². The number of hydrogen-bond donors (Lipinski definition) is 1. The van der Waals surface area contributed by atoms with E-state index in [1.807, 2.05) is 18.2 Å². The molecule has 68 valence electrons. The van der Waals surface area contributed by atoms with Crippen LogP contribution in [-0.4, -0.2) is 19.3 Å². The van der Waals surface area contributed by atoms with Crippen molar-refractivity contribution in [3.8, 4) is 0 Å². The average Bonchev–Trinajstić information content (AvgIpc) is 2.99. The first kappa shape index (κ1) is 8.32. The number of hydrogen-bond acceptors (Lipinski definition) is 2. The Labute approximate surface area is 78.2 Å². The van der Waals surface area contributed by atoms with Gasteiger partial charge in [-0.05, 0) is 17.7 Å². The topological polar surface area (TPSA) is 24.6 Å². The van der Waals surface area contributed by atoms with Crippen molar-refractivity contribution in [1.29, 1.82) is 0 Å². The summed E-state index contributed by atoms with van der Waals surface area (Å²) in [6.45, 7) is 5.53. The molecule has 0 saturated carbocycles. The zero-order valence-corrected chi connectivity index (χ0v) is 7.49. The molecule has 1 fully saturated rings. The Morgan fingerprint density at radius 2 is 2.46 bits per heavy atom. The molecule has 2 heteroatoms. The van der Waals surface area contributed by atoms with Gasteiger partial charge in [-0.25, -0.2) is 0 Å². The molecule has 1 aromatic carbocycles. The summed E-state index contributed by atoms with van der Waals surface area (Å²) in [7, 11) is 0. The molecule has 2 nitrogen and oxygen atoms in total. The molecule has 2 rings (SSSR count). The number of rotatable bonds is 4. The molecule has 0 aromatic heterocycles. The molecule has 1 aromatic rings. The van der Waals surface area contributed by atoms with E-state index < -0.39 is 0 Å². The van der Waals surface area contributed by atoms with Gasteiger partial charge in [0, 0.05) is 12.2 Å². The summed E-state index contributed by atoms with van der Waals surface area (Å²) < 4.78 is 5.10. The van der Waals surface area contributed by atoms with E-state index in [-0.39, 0.29) is 0 Å². The maximum Gasteiger partial charge on any atom is 0.0981 e. The lowest BCUT2D eigenvalue weighted by Crippen LogP contribution is -2.07. The molecule has 1 saturated heterocycles. The van der Waals surface area contributed by atoms with E-state index in [0.29, 0.717) is 6.10 Å². The maximum atomic E-state index is 5.10. The van der Waals surface area contributed by atoms with Crippen LogP contribution in [0.4, 0.5) is 5.69 Å². The molecular formula is C11H13NO. The second kappa shape index (κ2) is 3.62. The third-order valence-electron chi connectivity index (χ3n) is 2.06. The SMILES string of the molecule is C=Cc1cccc(NCC2CO2)c1. The van der Waals surface area contributed by atoms with Crippen molar-refractivity contribution in [1.82, 2.24) is 0 Å². The fraction of sp³-hybridized carbons (Fsp3) is 0.273. The lowest BCUT2D eigenvalue weighted by Gasteiger charge is -2.04. The Bertz CT molecular complexity index is 305. The Kier molecular flexibility index (Phi) is 2.32. The number of ether oxygens (including phenoxy) is 1. The standard InChI is InChI=1S/C11H13NO/c1-2-9-4-3-5-10(6-9)12-7-11-8-13-11/h2-6,11-12H,1,7-8H2. The summed E-state index contributed by atoms with van der Waals surface area (Å²) in [5, 5.41) is 3.31. The first-order valence-corrected chi connectivity index (χ1v) is 4.46. The van der Waals surface area contributed by atoms with E-state index in [1.165, 1.54) is 0 Å². The van der Waals surface area contributed by atoms with E-state index in [9.17, 15) is 0 Å². The Morgan fingerprint density at radius 3 is 3.15 bits per heavy atom. The summed E-state index contributed by atoms with van der Waals surface area (Å²) in [5.74, 6) is 0. The molecule has 1 unspecified atom stereocenters. The van der Waals surface area contributed by atoms with Crippen molar-refractivity contribution in [2.75, 3.05) is 18.5 Å². The molecule has 0 spiro atoms. The zero-order valence-electron chi connectivity index (χ0n) is 7.49. The van der Waals surface area contributed by atoms with Crippen LogP contribution in [0.3, 0.4) is 0 Å². The lowest BCUT2D eigenvalue weighted by atomic mass is 10.2. The molecule has 0 bridgehead atoms. The fourth-order valence-electron chi connectivity index (χ4n) is 1.19. The van der Waals surface area contributed by atoms with Gasteiger partial charge in [0.2, 0.25) is 0 Å². The molecule has 1 aliphatic rings. The number of anilines is 1. The minimum absolute atomic E-state index is 0.424.